The first-order valence-electron chi connectivity index (χ1n) is 21.1. The third-order valence-corrected chi connectivity index (χ3v) is 16.2. The number of likely N-dealkylation sites (tertiary alicyclic amines) is 2. The summed E-state index contributed by atoms with van der Waals surface area (Å²) in [5.74, 6) is -0.118. The second-order valence-electron chi connectivity index (χ2n) is 18.7. The number of amides is 4. The normalized spacial score (nSPS) is 28.0. The van der Waals surface area contributed by atoms with Gasteiger partial charge >= 0.3 is 16.2 Å². The Balaban J connectivity index is 1.10. The molecule has 13 heteroatoms. The molecule has 4 aliphatic carbocycles. The molecule has 12 nitrogen and oxygen atoms in total. The molecule has 4 heterocycles. The summed E-state index contributed by atoms with van der Waals surface area (Å²) in [7, 11) is 0.469. The average Bonchev–Trinajstić information content (AvgIpc) is 3.65. The van der Waals surface area contributed by atoms with Crippen molar-refractivity contribution in [3.05, 3.63) is 63.9 Å². The summed E-state index contributed by atoms with van der Waals surface area (Å²) in [6, 6.07) is 6.81. The number of methoxy groups -OCH3 is 1. The number of aromatic nitrogens is 1. The molecule has 3 aliphatic heterocycles. The van der Waals surface area contributed by atoms with Crippen molar-refractivity contribution >= 4 is 39.0 Å². The molecule has 2 saturated carbocycles. The third kappa shape index (κ3) is 5.75. The van der Waals surface area contributed by atoms with Crippen LogP contribution in [0.25, 0.3) is 10.9 Å². The quantitative estimate of drug-likeness (QED) is 0.346. The largest absolute Gasteiger partial charge is 0.496 e. The molecule has 2 aromatic rings. The Hall–Kier alpha value is -4.10. The first-order valence-corrected chi connectivity index (χ1v) is 22.5. The van der Waals surface area contributed by atoms with Crippen molar-refractivity contribution in [2.24, 2.45) is 16.7 Å². The van der Waals surface area contributed by atoms with Gasteiger partial charge in [-0.25, -0.2) is 9.52 Å². The van der Waals surface area contributed by atoms with E-state index < -0.39 is 22.0 Å². The summed E-state index contributed by atoms with van der Waals surface area (Å²) in [5, 5.41) is 1.01. The van der Waals surface area contributed by atoms with Crippen LogP contribution in [-0.2, 0) is 26.3 Å². The van der Waals surface area contributed by atoms with Crippen LogP contribution in [0.3, 0.4) is 0 Å². The van der Waals surface area contributed by atoms with E-state index in [0.29, 0.717) is 50.6 Å². The summed E-state index contributed by atoms with van der Waals surface area (Å²) < 4.78 is 37.4. The molecule has 4 fully saturated rings. The summed E-state index contributed by atoms with van der Waals surface area (Å²) in [4.78, 5) is 49.1. The van der Waals surface area contributed by atoms with Crippen molar-refractivity contribution < 1.29 is 27.5 Å². The molecule has 2 unspecified atom stereocenters. The third-order valence-electron chi connectivity index (χ3n) is 14.8. The molecule has 2 saturated heterocycles. The van der Waals surface area contributed by atoms with Crippen molar-refractivity contribution in [3.63, 3.8) is 0 Å². The topological polar surface area (TPSA) is 124 Å². The van der Waals surface area contributed by atoms with Crippen LogP contribution in [0, 0.1) is 16.7 Å². The highest BCUT2D eigenvalue weighted by molar-refractivity contribution is 7.87. The van der Waals surface area contributed by atoms with E-state index >= 15 is 4.79 Å². The van der Waals surface area contributed by atoms with E-state index in [1.807, 2.05) is 4.90 Å². The highest BCUT2D eigenvalue weighted by atomic mass is 32.2. The second-order valence-corrected chi connectivity index (χ2v) is 20.6. The van der Waals surface area contributed by atoms with Crippen molar-refractivity contribution in [1.29, 1.82) is 0 Å². The highest BCUT2D eigenvalue weighted by Gasteiger charge is 2.70. The van der Waals surface area contributed by atoms with Gasteiger partial charge in [0.2, 0.25) is 5.91 Å². The minimum absolute atomic E-state index is 0.0984. The molecule has 4 atom stereocenters. The number of nitrogens with one attached hydrogen (secondary N) is 1. The summed E-state index contributed by atoms with van der Waals surface area (Å²) in [6.45, 7) is 11.3. The molecule has 57 heavy (non-hydrogen) atoms. The molecule has 1 aromatic heterocycles. The Morgan fingerprint density at radius 3 is 2.18 bits per heavy atom. The summed E-state index contributed by atoms with van der Waals surface area (Å²) in [6.07, 6.45) is 12.5. The predicted octanol–water partition coefficient (Wildman–Crippen LogP) is 6.06. The van der Waals surface area contributed by atoms with E-state index in [4.69, 9.17) is 4.74 Å². The first-order chi connectivity index (χ1) is 27.1. The van der Waals surface area contributed by atoms with Crippen LogP contribution < -0.4 is 9.46 Å². The molecule has 1 N–H and O–H groups in total. The lowest BCUT2D eigenvalue weighted by Gasteiger charge is -2.48. The number of carbonyl (C=O) groups is 3. The van der Waals surface area contributed by atoms with Gasteiger partial charge in [0.1, 0.15) is 5.75 Å². The smallest absolute Gasteiger partial charge is 0.320 e. The lowest BCUT2D eigenvalue weighted by atomic mass is 9.53. The zero-order valence-electron chi connectivity index (χ0n) is 34.6. The van der Waals surface area contributed by atoms with Crippen LogP contribution in [0.5, 0.6) is 5.75 Å². The van der Waals surface area contributed by atoms with Crippen LogP contribution in [0.1, 0.15) is 102 Å². The maximum atomic E-state index is 15.2. The fraction of sp³-hybridized carbons (Fsp3) is 0.614. The highest BCUT2D eigenvalue weighted by Crippen LogP contribution is 2.66. The SMILES string of the molecule is COc1ccc(C2CCCCC2)c2c1cc1n2CC2=C(C(=O)NS(=O)(=O)N(C)C)C2=C2C=CC[C@@H](C(=O)N3CC45CCC4(C3)CN(C(=O)N(C(C)C)C(C)C)C5)[C@@H]21. The van der Waals surface area contributed by atoms with E-state index in [1.54, 1.807) is 7.11 Å². The number of hydrogen-bond donors (Lipinski definition) is 1. The van der Waals surface area contributed by atoms with Crippen molar-refractivity contribution in [2.75, 3.05) is 47.4 Å². The number of carbonyl (C=O) groups excluding carboxylic acids is 3. The van der Waals surface area contributed by atoms with Gasteiger partial charge in [0, 0.05) is 86.7 Å². The average molecular weight is 799 g/mol. The molecule has 1 aromatic carbocycles. The van der Waals surface area contributed by atoms with E-state index in [-0.39, 0.29) is 40.8 Å². The Labute approximate surface area is 337 Å². The Bertz CT molecular complexity index is 2250. The van der Waals surface area contributed by atoms with E-state index in [2.05, 4.69) is 77.1 Å². The van der Waals surface area contributed by atoms with Gasteiger partial charge < -0.3 is 24.0 Å². The lowest BCUT2D eigenvalue weighted by Crippen LogP contribution is -2.50. The Morgan fingerprint density at radius 1 is 0.930 bits per heavy atom. The molecular weight excluding hydrogens is 741 g/mol. The molecule has 4 amide bonds. The number of nitrogens with zero attached hydrogens (tertiary/aromatic N) is 5. The number of ether oxygens (including phenoxy) is 1. The van der Waals surface area contributed by atoms with E-state index in [9.17, 15) is 18.0 Å². The maximum Gasteiger partial charge on any atom is 0.320 e. The summed E-state index contributed by atoms with van der Waals surface area (Å²) in [5.41, 5.74) is 6.11. The van der Waals surface area contributed by atoms with Crippen molar-refractivity contribution in [3.8, 4) is 5.75 Å². The zero-order chi connectivity index (χ0) is 40.3. The number of urea groups is 1. The van der Waals surface area contributed by atoms with Gasteiger partial charge in [-0.3, -0.25) is 9.59 Å². The van der Waals surface area contributed by atoms with Crippen molar-refractivity contribution in [1.82, 2.24) is 28.3 Å². The summed E-state index contributed by atoms with van der Waals surface area (Å²) >= 11 is 0. The van der Waals surface area contributed by atoms with Gasteiger partial charge in [0.05, 0.1) is 24.1 Å². The second kappa shape index (κ2) is 13.5. The van der Waals surface area contributed by atoms with E-state index in [1.165, 1.54) is 38.9 Å². The molecule has 0 spiro atoms. The Kier molecular flexibility index (Phi) is 9.08. The van der Waals surface area contributed by atoms with Gasteiger partial charge in [-0.15, -0.1) is 0 Å². The van der Waals surface area contributed by atoms with Gasteiger partial charge in [-0.1, -0.05) is 37.5 Å². The molecule has 306 valence electrons. The van der Waals surface area contributed by atoms with Crippen LogP contribution in [0.4, 0.5) is 4.79 Å². The zero-order valence-corrected chi connectivity index (χ0v) is 35.4. The molecule has 0 radical (unpaired) electrons. The molecule has 0 bridgehead atoms. The lowest BCUT2D eigenvalue weighted by molar-refractivity contribution is -0.135. The monoisotopic (exact) mass is 798 g/mol. The van der Waals surface area contributed by atoms with Crippen LogP contribution in [0.2, 0.25) is 0 Å². The van der Waals surface area contributed by atoms with Crippen LogP contribution >= 0.6 is 0 Å². The molecular formula is C44H58N6O6S. The van der Waals surface area contributed by atoms with Gasteiger partial charge in [0.15, 0.2) is 0 Å². The van der Waals surface area contributed by atoms with Crippen LogP contribution in [0.15, 0.2) is 52.6 Å². The number of rotatable bonds is 8. The van der Waals surface area contributed by atoms with E-state index in [0.717, 1.165) is 69.1 Å². The fourth-order valence-corrected chi connectivity index (χ4v) is 12.5. The van der Waals surface area contributed by atoms with Gasteiger partial charge in [-0.2, -0.15) is 12.7 Å². The minimum Gasteiger partial charge on any atom is -0.496 e. The minimum atomic E-state index is -4.02. The number of fused-ring (bicyclic) bond motifs is 6. The maximum absolute atomic E-state index is 15.2. The number of allylic oxidation sites excluding steroid dienone is 4. The molecule has 7 aliphatic rings. The van der Waals surface area contributed by atoms with Crippen LogP contribution in [-0.4, -0.2) is 109 Å². The standard InChI is InChI=1S/C44H58N6O6S/c1-26(2)50(27(3)4)42(53)48-24-43-18-19-44(43,25-48)23-47(22-43)41(52)31-15-11-14-30-36(31)34-20-32-35(56-7)17-16-29(28-12-9-8-10-13-28)39(32)49(34)21-33-37(30)38(33)40(51)45-57(54,55)46(5)6/h11,14,16-17,20,26-28,31,36H,8-10,12-13,15,18-19,21-25H2,1-7H3,(H,45,51)/t31-,36-,43?,44?/m1/s1. The number of hydrogen-bond acceptors (Lipinski definition) is 6. The number of benzene rings is 1. The van der Waals surface area contributed by atoms with Gasteiger partial charge in [-0.05, 0) is 100 Å². The van der Waals surface area contributed by atoms with Gasteiger partial charge in [0.25, 0.3) is 5.91 Å². The van der Waals surface area contributed by atoms with Crippen molar-refractivity contribution in [2.45, 2.75) is 110 Å². The predicted molar refractivity (Wildman–Crippen MR) is 219 cm³/mol. The molecule has 9 rings (SSSR count). The first kappa shape index (κ1) is 38.4. The Morgan fingerprint density at radius 2 is 1.58 bits per heavy atom. The fourth-order valence-electron chi connectivity index (χ4n) is 12.0.